The summed E-state index contributed by atoms with van der Waals surface area (Å²) in [5.41, 5.74) is 2.60. The van der Waals surface area contributed by atoms with E-state index in [4.69, 9.17) is 14.7 Å². The molecule has 0 aliphatic heterocycles. The van der Waals surface area contributed by atoms with E-state index >= 15 is 0 Å². The quantitative estimate of drug-likeness (QED) is 0.682. The van der Waals surface area contributed by atoms with E-state index in [1.165, 1.54) is 12.7 Å². The van der Waals surface area contributed by atoms with E-state index in [0.717, 1.165) is 18.5 Å². The van der Waals surface area contributed by atoms with Crippen molar-refractivity contribution in [2.24, 2.45) is 0 Å². The lowest BCUT2D eigenvalue weighted by molar-refractivity contribution is -0.116. The van der Waals surface area contributed by atoms with Crippen molar-refractivity contribution in [3.8, 4) is 17.6 Å². The van der Waals surface area contributed by atoms with Crippen LogP contribution in [-0.2, 0) is 11.2 Å². The highest BCUT2D eigenvalue weighted by Gasteiger charge is 2.07. The number of nitriles is 1. The van der Waals surface area contributed by atoms with E-state index in [2.05, 4.69) is 18.3 Å². The monoisotopic (exact) mass is 352 g/mol. The number of ether oxygens (including phenoxy) is 2. The fraction of sp³-hybridized carbons (Fsp3) is 0.333. The molecule has 0 heterocycles. The summed E-state index contributed by atoms with van der Waals surface area (Å²) in [6.45, 7) is 2.54. The molecule has 136 valence electrons. The van der Waals surface area contributed by atoms with Gasteiger partial charge in [0.1, 0.15) is 0 Å². The number of aryl methyl sites for hydroxylation is 1. The highest BCUT2D eigenvalue weighted by molar-refractivity contribution is 5.90. The number of carbonyl (C=O) groups excluding carboxylic acids is 1. The maximum Gasteiger partial charge on any atom is 0.224 e. The Morgan fingerprint density at radius 2 is 1.92 bits per heavy atom. The van der Waals surface area contributed by atoms with E-state index in [0.29, 0.717) is 36.5 Å². The minimum atomic E-state index is -0.0383. The molecule has 0 bridgehead atoms. The summed E-state index contributed by atoms with van der Waals surface area (Å²) < 4.78 is 10.9. The zero-order valence-electron chi connectivity index (χ0n) is 15.2. The minimum Gasteiger partial charge on any atom is -0.493 e. The van der Waals surface area contributed by atoms with Crippen LogP contribution in [0.3, 0.4) is 0 Å². The van der Waals surface area contributed by atoms with Crippen LogP contribution in [0.2, 0.25) is 0 Å². The molecular formula is C21H24N2O3. The Morgan fingerprint density at radius 3 is 2.58 bits per heavy atom. The predicted molar refractivity (Wildman–Crippen MR) is 102 cm³/mol. The third-order valence-electron chi connectivity index (χ3n) is 3.87. The molecule has 0 spiro atoms. The number of amides is 1. The fourth-order valence-corrected chi connectivity index (χ4v) is 2.54. The summed E-state index contributed by atoms with van der Waals surface area (Å²) in [6, 6.07) is 15.0. The van der Waals surface area contributed by atoms with E-state index in [-0.39, 0.29) is 5.91 Å². The lowest BCUT2D eigenvalue weighted by Crippen LogP contribution is -2.13. The van der Waals surface area contributed by atoms with Gasteiger partial charge in [-0.05, 0) is 42.7 Å². The average Bonchev–Trinajstić information content (AvgIpc) is 2.67. The number of anilines is 1. The smallest absolute Gasteiger partial charge is 0.224 e. The number of hydrogen-bond donors (Lipinski definition) is 1. The molecule has 26 heavy (non-hydrogen) atoms. The zero-order valence-corrected chi connectivity index (χ0v) is 15.2. The molecule has 0 aromatic heterocycles. The molecule has 0 radical (unpaired) electrons. The van der Waals surface area contributed by atoms with Crippen LogP contribution in [0.5, 0.6) is 11.5 Å². The van der Waals surface area contributed by atoms with Crippen molar-refractivity contribution in [1.29, 1.82) is 5.26 Å². The first-order chi connectivity index (χ1) is 12.7. The minimum absolute atomic E-state index is 0.0383. The molecule has 5 heteroatoms. The number of rotatable bonds is 9. The summed E-state index contributed by atoms with van der Waals surface area (Å²) in [7, 11) is 1.53. The predicted octanol–water partition coefficient (Wildman–Crippen LogP) is 4.32. The summed E-state index contributed by atoms with van der Waals surface area (Å²) >= 11 is 0. The maximum absolute atomic E-state index is 12.0. The Morgan fingerprint density at radius 1 is 1.15 bits per heavy atom. The summed E-state index contributed by atoms with van der Waals surface area (Å²) in [5, 5.41) is 11.8. The molecule has 0 saturated carbocycles. The Bertz CT molecular complexity index is 764. The number of methoxy groups -OCH3 is 1. The van der Waals surface area contributed by atoms with Gasteiger partial charge in [-0.1, -0.05) is 25.5 Å². The summed E-state index contributed by atoms with van der Waals surface area (Å²) in [6.07, 6.45) is 3.11. The van der Waals surface area contributed by atoms with Crippen LogP contribution in [0, 0.1) is 11.3 Å². The van der Waals surface area contributed by atoms with Gasteiger partial charge in [-0.25, -0.2) is 0 Å². The number of hydrogen-bond acceptors (Lipinski definition) is 4. The topological polar surface area (TPSA) is 71.3 Å². The van der Waals surface area contributed by atoms with Crippen molar-refractivity contribution in [2.45, 2.75) is 32.6 Å². The molecular weight excluding hydrogens is 328 g/mol. The van der Waals surface area contributed by atoms with Gasteiger partial charge in [0.05, 0.1) is 25.3 Å². The van der Waals surface area contributed by atoms with Gasteiger partial charge in [0.2, 0.25) is 5.91 Å². The van der Waals surface area contributed by atoms with Crippen LogP contribution < -0.4 is 14.8 Å². The molecule has 2 aromatic carbocycles. The highest BCUT2D eigenvalue weighted by atomic mass is 16.5. The Labute approximate surface area is 154 Å². The third kappa shape index (κ3) is 5.82. The SMILES string of the molecule is CCCc1ccc(NC(=O)CCCOc2ccc(C#N)cc2OC)cc1. The number of nitrogens with one attached hydrogen (secondary N) is 1. The standard InChI is InChI=1S/C21H24N2O3/c1-3-5-16-7-10-18(11-8-16)23-21(24)6-4-13-26-19-12-9-17(15-22)14-20(19)25-2/h7-12,14H,3-6,13H2,1-2H3,(H,23,24). The van der Waals surface area contributed by atoms with Crippen LogP contribution in [0.25, 0.3) is 0 Å². The van der Waals surface area contributed by atoms with E-state index < -0.39 is 0 Å². The lowest BCUT2D eigenvalue weighted by Gasteiger charge is -2.11. The second kappa shape index (κ2) is 10.1. The molecule has 0 atom stereocenters. The molecule has 1 amide bonds. The van der Waals surface area contributed by atoms with Crippen LogP contribution in [0.15, 0.2) is 42.5 Å². The number of benzene rings is 2. The molecule has 2 rings (SSSR count). The third-order valence-corrected chi connectivity index (χ3v) is 3.87. The van der Waals surface area contributed by atoms with Crippen LogP contribution >= 0.6 is 0 Å². The van der Waals surface area contributed by atoms with Gasteiger partial charge in [-0.3, -0.25) is 4.79 Å². The summed E-state index contributed by atoms with van der Waals surface area (Å²) in [5.74, 6) is 1.04. The van der Waals surface area contributed by atoms with Crippen molar-refractivity contribution in [2.75, 3.05) is 19.0 Å². The van der Waals surface area contributed by atoms with Gasteiger partial charge < -0.3 is 14.8 Å². The number of nitrogens with zero attached hydrogens (tertiary/aromatic N) is 1. The Hall–Kier alpha value is -3.00. The van der Waals surface area contributed by atoms with Crippen molar-refractivity contribution in [1.82, 2.24) is 0 Å². The number of carbonyl (C=O) groups is 1. The largest absolute Gasteiger partial charge is 0.493 e. The molecule has 0 aliphatic rings. The fourth-order valence-electron chi connectivity index (χ4n) is 2.54. The van der Waals surface area contributed by atoms with Crippen LogP contribution in [0.1, 0.15) is 37.3 Å². The van der Waals surface area contributed by atoms with Crippen molar-refractivity contribution in [3.05, 3.63) is 53.6 Å². The van der Waals surface area contributed by atoms with Crippen LogP contribution in [-0.4, -0.2) is 19.6 Å². The second-order valence-corrected chi connectivity index (χ2v) is 5.92. The zero-order chi connectivity index (χ0) is 18.8. The molecule has 0 unspecified atom stereocenters. The average molecular weight is 352 g/mol. The van der Waals surface area contributed by atoms with Crippen LogP contribution in [0.4, 0.5) is 5.69 Å². The molecule has 5 nitrogen and oxygen atoms in total. The first-order valence-electron chi connectivity index (χ1n) is 8.76. The van der Waals surface area contributed by atoms with Crippen molar-refractivity contribution >= 4 is 11.6 Å². The van der Waals surface area contributed by atoms with Gasteiger partial charge in [0.25, 0.3) is 0 Å². The molecule has 0 aliphatic carbocycles. The molecule has 0 fully saturated rings. The maximum atomic E-state index is 12.0. The molecule has 0 saturated heterocycles. The first kappa shape index (κ1) is 19.3. The van der Waals surface area contributed by atoms with Gasteiger partial charge in [0.15, 0.2) is 11.5 Å². The highest BCUT2D eigenvalue weighted by Crippen LogP contribution is 2.27. The van der Waals surface area contributed by atoms with Gasteiger partial charge in [-0.15, -0.1) is 0 Å². The van der Waals surface area contributed by atoms with Gasteiger partial charge in [-0.2, -0.15) is 5.26 Å². The molecule has 2 aromatic rings. The van der Waals surface area contributed by atoms with E-state index in [1.54, 1.807) is 18.2 Å². The van der Waals surface area contributed by atoms with Crippen molar-refractivity contribution in [3.63, 3.8) is 0 Å². The van der Waals surface area contributed by atoms with Gasteiger partial charge >= 0.3 is 0 Å². The van der Waals surface area contributed by atoms with E-state index in [9.17, 15) is 4.79 Å². The van der Waals surface area contributed by atoms with Crippen molar-refractivity contribution < 1.29 is 14.3 Å². The second-order valence-electron chi connectivity index (χ2n) is 5.92. The lowest BCUT2D eigenvalue weighted by atomic mass is 10.1. The molecule has 1 N–H and O–H groups in total. The summed E-state index contributed by atoms with van der Waals surface area (Å²) in [4.78, 5) is 12.0. The Kier molecular flexibility index (Phi) is 7.50. The Balaban J connectivity index is 1.75. The van der Waals surface area contributed by atoms with Gasteiger partial charge in [0, 0.05) is 18.2 Å². The normalized spacial score (nSPS) is 10.0. The first-order valence-corrected chi connectivity index (χ1v) is 8.76. The van der Waals surface area contributed by atoms with E-state index in [1.807, 2.05) is 24.3 Å².